The Morgan fingerprint density at radius 3 is 2.08 bits per heavy atom. The Bertz CT molecular complexity index is 586. The first kappa shape index (κ1) is 20.0. The second-order valence-electron chi connectivity index (χ2n) is 4.40. The Labute approximate surface area is 148 Å². The third-order valence-electron chi connectivity index (χ3n) is 2.69. The maximum atomic E-state index is 11.9. The molecular weight excluding hydrogens is 384 g/mol. The minimum atomic E-state index is -0.549. The fraction of sp³-hybridized carbons (Fsp3) is 0.438. The van der Waals surface area contributed by atoms with Gasteiger partial charge in [0.2, 0.25) is 0 Å². The SMILES string of the molecule is CCOC(=O)COc1ccc(C(=O)CBr)c(OCC(=O)OCC)c1. The molecule has 0 saturated carbocycles. The third kappa shape index (κ3) is 6.57. The first-order chi connectivity index (χ1) is 11.5. The lowest BCUT2D eigenvalue weighted by atomic mass is 10.1. The van der Waals surface area contributed by atoms with E-state index in [-0.39, 0.29) is 43.3 Å². The fourth-order valence-corrected chi connectivity index (χ4v) is 2.00. The monoisotopic (exact) mass is 402 g/mol. The molecule has 0 spiro atoms. The molecule has 8 heteroatoms. The highest BCUT2D eigenvalue weighted by atomic mass is 79.9. The highest BCUT2D eigenvalue weighted by Crippen LogP contribution is 2.26. The van der Waals surface area contributed by atoms with Crippen molar-refractivity contribution in [1.82, 2.24) is 0 Å². The summed E-state index contributed by atoms with van der Waals surface area (Å²) in [7, 11) is 0. The number of Topliss-reactive ketones (excluding diaryl/α,β-unsaturated/α-hetero) is 1. The van der Waals surface area contributed by atoms with Crippen molar-refractivity contribution in [3.63, 3.8) is 0 Å². The molecule has 7 nitrogen and oxygen atoms in total. The van der Waals surface area contributed by atoms with Gasteiger partial charge in [-0.2, -0.15) is 0 Å². The lowest BCUT2D eigenvalue weighted by Gasteiger charge is -2.12. The largest absolute Gasteiger partial charge is 0.482 e. The highest BCUT2D eigenvalue weighted by Gasteiger charge is 2.15. The van der Waals surface area contributed by atoms with Gasteiger partial charge in [-0.25, -0.2) is 9.59 Å². The smallest absolute Gasteiger partial charge is 0.344 e. The quantitative estimate of drug-likeness (QED) is 0.336. The van der Waals surface area contributed by atoms with E-state index < -0.39 is 11.9 Å². The van der Waals surface area contributed by atoms with Crippen LogP contribution in [0.1, 0.15) is 24.2 Å². The second kappa shape index (κ2) is 10.6. The van der Waals surface area contributed by atoms with E-state index in [2.05, 4.69) is 15.9 Å². The van der Waals surface area contributed by atoms with Crippen molar-refractivity contribution in [3.8, 4) is 11.5 Å². The molecule has 0 unspecified atom stereocenters. The molecule has 24 heavy (non-hydrogen) atoms. The van der Waals surface area contributed by atoms with Gasteiger partial charge < -0.3 is 18.9 Å². The van der Waals surface area contributed by atoms with Gasteiger partial charge in [-0.1, -0.05) is 15.9 Å². The molecule has 0 saturated heterocycles. The third-order valence-corrected chi connectivity index (χ3v) is 3.20. The van der Waals surface area contributed by atoms with Crippen LogP contribution in [0.15, 0.2) is 18.2 Å². The number of ketones is 1. The Kier molecular flexibility index (Phi) is 8.85. The number of carbonyl (C=O) groups is 3. The summed E-state index contributed by atoms with van der Waals surface area (Å²) in [6, 6.07) is 4.48. The molecule has 0 fully saturated rings. The van der Waals surface area contributed by atoms with Gasteiger partial charge in [0.1, 0.15) is 11.5 Å². The molecule has 0 heterocycles. The van der Waals surface area contributed by atoms with Crippen LogP contribution in [0.25, 0.3) is 0 Å². The van der Waals surface area contributed by atoms with Crippen LogP contribution in [-0.4, -0.2) is 49.5 Å². The van der Waals surface area contributed by atoms with Gasteiger partial charge in [0.25, 0.3) is 0 Å². The number of halogens is 1. The van der Waals surface area contributed by atoms with Gasteiger partial charge in [0.15, 0.2) is 19.0 Å². The first-order valence-electron chi connectivity index (χ1n) is 7.31. The van der Waals surface area contributed by atoms with E-state index >= 15 is 0 Å². The Morgan fingerprint density at radius 1 is 0.958 bits per heavy atom. The number of alkyl halides is 1. The van der Waals surface area contributed by atoms with Gasteiger partial charge in [-0.05, 0) is 26.0 Å². The Balaban J connectivity index is 2.85. The summed E-state index contributed by atoms with van der Waals surface area (Å²) in [4.78, 5) is 34.6. The van der Waals surface area contributed by atoms with Crippen molar-refractivity contribution in [3.05, 3.63) is 23.8 Å². The number of hydrogen-bond acceptors (Lipinski definition) is 7. The summed E-state index contributed by atoms with van der Waals surface area (Å²) in [6.45, 7) is 3.27. The Hall–Kier alpha value is -2.09. The van der Waals surface area contributed by atoms with Gasteiger partial charge in [0, 0.05) is 6.07 Å². The topological polar surface area (TPSA) is 88.1 Å². The lowest BCUT2D eigenvalue weighted by Crippen LogP contribution is -2.17. The van der Waals surface area contributed by atoms with Crippen LogP contribution >= 0.6 is 15.9 Å². The average molecular weight is 403 g/mol. The molecule has 1 aromatic carbocycles. The van der Waals surface area contributed by atoms with Crippen LogP contribution in [0, 0.1) is 0 Å². The van der Waals surface area contributed by atoms with Crippen molar-refractivity contribution < 1.29 is 33.3 Å². The van der Waals surface area contributed by atoms with Crippen molar-refractivity contribution in [2.45, 2.75) is 13.8 Å². The zero-order valence-electron chi connectivity index (χ0n) is 13.5. The average Bonchev–Trinajstić information content (AvgIpc) is 2.58. The number of esters is 2. The highest BCUT2D eigenvalue weighted by molar-refractivity contribution is 9.09. The summed E-state index contributed by atoms with van der Waals surface area (Å²) >= 11 is 3.09. The van der Waals surface area contributed by atoms with Gasteiger partial charge >= 0.3 is 11.9 Å². The molecule has 0 bridgehead atoms. The molecule has 1 rings (SSSR count). The summed E-state index contributed by atoms with van der Waals surface area (Å²) in [5, 5.41) is 0.103. The normalized spacial score (nSPS) is 9.96. The molecule has 0 aliphatic heterocycles. The van der Waals surface area contributed by atoms with Crippen LogP contribution in [0.5, 0.6) is 11.5 Å². The molecule has 132 valence electrons. The van der Waals surface area contributed by atoms with E-state index in [9.17, 15) is 14.4 Å². The standard InChI is InChI=1S/C16H19BrO7/c1-3-21-15(19)9-23-11-5-6-12(13(18)8-17)14(7-11)24-10-16(20)22-4-2/h5-7H,3-4,8-10H2,1-2H3. The van der Waals surface area contributed by atoms with Gasteiger partial charge in [0.05, 0.1) is 24.1 Å². The number of carbonyl (C=O) groups excluding carboxylic acids is 3. The van der Waals surface area contributed by atoms with Crippen molar-refractivity contribution >= 4 is 33.7 Å². The van der Waals surface area contributed by atoms with Crippen LogP contribution in [0.4, 0.5) is 0 Å². The second-order valence-corrected chi connectivity index (χ2v) is 4.96. The number of hydrogen-bond donors (Lipinski definition) is 0. The summed E-state index contributed by atoms with van der Waals surface area (Å²) in [5.41, 5.74) is 0.291. The predicted octanol–water partition coefficient (Wildman–Crippen LogP) is 2.15. The van der Waals surface area contributed by atoms with E-state index in [1.54, 1.807) is 13.8 Å². The number of benzene rings is 1. The molecular formula is C16H19BrO7. The van der Waals surface area contributed by atoms with Crippen molar-refractivity contribution in [2.24, 2.45) is 0 Å². The summed E-state index contributed by atoms with van der Waals surface area (Å²) < 4.78 is 20.2. The molecule has 0 amide bonds. The maximum Gasteiger partial charge on any atom is 0.344 e. The van der Waals surface area contributed by atoms with E-state index in [4.69, 9.17) is 18.9 Å². The van der Waals surface area contributed by atoms with Crippen molar-refractivity contribution in [1.29, 1.82) is 0 Å². The van der Waals surface area contributed by atoms with E-state index in [0.29, 0.717) is 11.3 Å². The molecule has 0 atom stereocenters. The molecule has 0 radical (unpaired) electrons. The van der Waals surface area contributed by atoms with Crippen LogP contribution < -0.4 is 9.47 Å². The number of ether oxygens (including phenoxy) is 4. The van der Waals surface area contributed by atoms with Gasteiger partial charge in [-0.15, -0.1) is 0 Å². The minimum absolute atomic E-state index is 0.103. The summed E-state index contributed by atoms with van der Waals surface area (Å²) in [5.74, 6) is -0.785. The van der Waals surface area contributed by atoms with Crippen molar-refractivity contribution in [2.75, 3.05) is 31.8 Å². The molecule has 1 aromatic rings. The maximum absolute atomic E-state index is 11.9. The van der Waals surface area contributed by atoms with Gasteiger partial charge in [-0.3, -0.25) is 4.79 Å². The van der Waals surface area contributed by atoms with Crippen LogP contribution in [-0.2, 0) is 19.1 Å². The van der Waals surface area contributed by atoms with E-state index in [0.717, 1.165) is 0 Å². The molecule has 0 aliphatic carbocycles. The van der Waals surface area contributed by atoms with Crippen LogP contribution in [0.3, 0.4) is 0 Å². The predicted molar refractivity (Wildman–Crippen MR) is 88.8 cm³/mol. The summed E-state index contributed by atoms with van der Waals surface area (Å²) in [6.07, 6.45) is 0. The molecule has 0 N–H and O–H groups in total. The van der Waals surface area contributed by atoms with Crippen LogP contribution in [0.2, 0.25) is 0 Å². The zero-order valence-corrected chi connectivity index (χ0v) is 15.1. The first-order valence-corrected chi connectivity index (χ1v) is 8.44. The lowest BCUT2D eigenvalue weighted by molar-refractivity contribution is -0.146. The Morgan fingerprint density at radius 2 is 1.54 bits per heavy atom. The van der Waals surface area contributed by atoms with E-state index in [1.807, 2.05) is 0 Å². The minimum Gasteiger partial charge on any atom is -0.482 e. The zero-order chi connectivity index (χ0) is 17.9. The fourth-order valence-electron chi connectivity index (χ4n) is 1.70. The molecule has 0 aliphatic rings. The molecule has 0 aromatic heterocycles. The number of rotatable bonds is 10. The van der Waals surface area contributed by atoms with E-state index in [1.165, 1.54) is 18.2 Å².